The lowest BCUT2D eigenvalue weighted by atomic mass is 9.72. The molecule has 1 unspecified atom stereocenters. The second-order valence-corrected chi connectivity index (χ2v) is 13.0. The molecule has 1 saturated heterocycles. The Morgan fingerprint density at radius 3 is 2.24 bits per heavy atom. The first-order valence-electron chi connectivity index (χ1n) is 12.8. The number of carbonyl (C=O) groups is 1. The number of nitrogens with zero attached hydrogens (tertiary/aromatic N) is 2. The average Bonchev–Trinajstić information content (AvgIpc) is 2.87. The van der Waals surface area contributed by atoms with Crippen LogP contribution in [0.15, 0.2) is 66.7 Å². The van der Waals surface area contributed by atoms with Gasteiger partial charge >= 0.3 is 0 Å². The van der Waals surface area contributed by atoms with E-state index < -0.39 is 15.9 Å². The molecule has 3 aromatic carbocycles. The number of hydrogen-bond acceptors (Lipinski definition) is 6. The Hall–Kier alpha value is -3.23. The number of para-hydroxylation sites is 1. The Morgan fingerprint density at radius 1 is 0.947 bits per heavy atom. The largest absolute Gasteiger partial charge is 0.377 e. The third kappa shape index (κ3) is 5.61. The van der Waals surface area contributed by atoms with Gasteiger partial charge in [-0.2, -0.15) is 0 Å². The van der Waals surface area contributed by atoms with Crippen LogP contribution in [0.4, 0.5) is 17.1 Å². The maximum Gasteiger partial charge on any atom is 0.266 e. The molecule has 0 aliphatic carbocycles. The van der Waals surface area contributed by atoms with Gasteiger partial charge in [-0.05, 0) is 65.4 Å². The number of anilines is 3. The van der Waals surface area contributed by atoms with Crippen molar-refractivity contribution in [1.82, 2.24) is 4.72 Å². The fourth-order valence-electron chi connectivity index (χ4n) is 5.57. The van der Waals surface area contributed by atoms with E-state index in [9.17, 15) is 13.2 Å². The van der Waals surface area contributed by atoms with Gasteiger partial charge in [-0.3, -0.25) is 4.79 Å². The van der Waals surface area contributed by atoms with Crippen LogP contribution in [0.1, 0.15) is 41.4 Å². The van der Waals surface area contributed by atoms with Crippen LogP contribution in [-0.2, 0) is 16.4 Å². The number of nitrogens with one attached hydrogen (secondary N) is 2. The summed E-state index contributed by atoms with van der Waals surface area (Å²) < 4.78 is 25.5. The van der Waals surface area contributed by atoms with Gasteiger partial charge in [-0.25, -0.2) is 13.1 Å². The number of hydrogen-bond donors (Lipinski definition) is 2. The summed E-state index contributed by atoms with van der Waals surface area (Å²) in [5, 5.41) is 4.35. The fraction of sp³-hybridized carbons (Fsp3) is 0.345. The van der Waals surface area contributed by atoms with E-state index in [1.807, 2.05) is 18.2 Å². The number of piperazine rings is 1. The van der Waals surface area contributed by atoms with Gasteiger partial charge in [0.15, 0.2) is 0 Å². The van der Waals surface area contributed by atoms with Crippen molar-refractivity contribution < 1.29 is 13.2 Å². The molecule has 200 valence electrons. The topological polar surface area (TPSA) is 81.7 Å². The second-order valence-electron chi connectivity index (χ2n) is 10.8. The van der Waals surface area contributed by atoms with E-state index in [-0.39, 0.29) is 11.5 Å². The molecule has 0 bridgehead atoms. The summed E-state index contributed by atoms with van der Waals surface area (Å²) in [6.07, 6.45) is 1.74. The number of rotatable bonds is 5. The highest BCUT2D eigenvalue weighted by Crippen LogP contribution is 2.46. The summed E-state index contributed by atoms with van der Waals surface area (Å²) in [4.78, 5) is 17.6. The molecular weight excluding hydrogens is 520 g/mol. The van der Waals surface area contributed by atoms with E-state index in [1.54, 1.807) is 12.1 Å². The Labute approximate surface area is 229 Å². The van der Waals surface area contributed by atoms with E-state index in [4.69, 9.17) is 11.6 Å². The van der Waals surface area contributed by atoms with Gasteiger partial charge in [0.2, 0.25) is 10.0 Å². The van der Waals surface area contributed by atoms with Crippen molar-refractivity contribution in [2.24, 2.45) is 5.41 Å². The van der Waals surface area contributed by atoms with Crippen molar-refractivity contribution in [1.29, 1.82) is 0 Å². The van der Waals surface area contributed by atoms with E-state index in [0.29, 0.717) is 11.3 Å². The standard InChI is InChI=1S/C29H33ClN4O3S/c1-29(2)19-21-7-5-9-25(28(35)32-38(3,36)37)26(21)31-27(29)20-6-4-8-24(18-20)34-16-14-33(15-17-34)23-12-10-22(30)11-13-23/h4-13,18,27,31H,14-17,19H2,1-3H3,(H,32,35). The summed E-state index contributed by atoms with van der Waals surface area (Å²) in [7, 11) is -3.67. The zero-order valence-electron chi connectivity index (χ0n) is 21.9. The lowest BCUT2D eigenvalue weighted by Gasteiger charge is -2.42. The van der Waals surface area contributed by atoms with Crippen LogP contribution in [0.5, 0.6) is 0 Å². The zero-order valence-corrected chi connectivity index (χ0v) is 23.4. The number of carbonyl (C=O) groups excluding carboxylic acids is 1. The number of halogens is 1. The minimum Gasteiger partial charge on any atom is -0.377 e. The molecule has 9 heteroatoms. The maximum atomic E-state index is 12.8. The van der Waals surface area contributed by atoms with Crippen molar-refractivity contribution >= 4 is 44.6 Å². The molecular formula is C29H33ClN4O3S. The molecule has 38 heavy (non-hydrogen) atoms. The molecule has 1 atom stereocenters. The summed E-state index contributed by atoms with van der Waals surface area (Å²) in [6, 6.07) is 22.0. The van der Waals surface area contributed by atoms with Crippen LogP contribution >= 0.6 is 11.6 Å². The first-order valence-corrected chi connectivity index (χ1v) is 15.0. The Bertz CT molecular complexity index is 1450. The predicted molar refractivity (Wildman–Crippen MR) is 155 cm³/mol. The van der Waals surface area contributed by atoms with Crippen LogP contribution in [0, 0.1) is 5.41 Å². The number of fused-ring (bicyclic) bond motifs is 1. The van der Waals surface area contributed by atoms with E-state index in [1.165, 1.54) is 11.4 Å². The number of amides is 1. The first kappa shape index (κ1) is 26.4. The number of sulfonamides is 1. The molecule has 2 aliphatic heterocycles. The summed E-state index contributed by atoms with van der Waals surface area (Å²) in [5.41, 5.74) is 5.39. The van der Waals surface area contributed by atoms with Crippen molar-refractivity contribution in [3.63, 3.8) is 0 Å². The monoisotopic (exact) mass is 552 g/mol. The highest BCUT2D eigenvalue weighted by atomic mass is 35.5. The molecule has 2 aliphatic rings. The molecule has 2 N–H and O–H groups in total. The molecule has 0 radical (unpaired) electrons. The molecule has 0 aromatic heterocycles. The predicted octanol–water partition coefficient (Wildman–Crippen LogP) is 5.09. The maximum absolute atomic E-state index is 12.8. The van der Waals surface area contributed by atoms with Crippen LogP contribution < -0.4 is 19.8 Å². The third-order valence-electron chi connectivity index (χ3n) is 7.43. The van der Waals surface area contributed by atoms with Gasteiger partial charge in [0.25, 0.3) is 5.91 Å². The Morgan fingerprint density at radius 2 is 1.58 bits per heavy atom. The van der Waals surface area contributed by atoms with E-state index in [2.05, 4.69) is 70.1 Å². The van der Waals surface area contributed by atoms with Crippen LogP contribution in [0.3, 0.4) is 0 Å². The summed E-state index contributed by atoms with van der Waals surface area (Å²) in [6.45, 7) is 8.09. The van der Waals surface area contributed by atoms with E-state index in [0.717, 1.165) is 55.0 Å². The normalized spacial score (nSPS) is 18.9. The Balaban J connectivity index is 1.37. The van der Waals surface area contributed by atoms with Gasteiger partial charge < -0.3 is 15.1 Å². The van der Waals surface area contributed by atoms with Crippen molar-refractivity contribution in [2.75, 3.05) is 47.6 Å². The highest BCUT2D eigenvalue weighted by Gasteiger charge is 2.37. The van der Waals surface area contributed by atoms with Crippen molar-refractivity contribution in [3.05, 3.63) is 88.4 Å². The smallest absolute Gasteiger partial charge is 0.266 e. The van der Waals surface area contributed by atoms with Crippen LogP contribution in [-0.4, -0.2) is 46.8 Å². The molecule has 7 nitrogen and oxygen atoms in total. The lowest BCUT2D eigenvalue weighted by Crippen LogP contribution is -2.46. The Kier molecular flexibility index (Phi) is 7.05. The van der Waals surface area contributed by atoms with Gasteiger partial charge in [-0.15, -0.1) is 0 Å². The number of benzene rings is 3. The van der Waals surface area contributed by atoms with Gasteiger partial charge in [0.1, 0.15) is 0 Å². The minimum absolute atomic E-state index is 0.0579. The lowest BCUT2D eigenvalue weighted by molar-refractivity contribution is 0.0982. The average molecular weight is 553 g/mol. The van der Waals surface area contributed by atoms with Gasteiger partial charge in [-0.1, -0.05) is 49.7 Å². The molecule has 0 saturated carbocycles. The molecule has 2 heterocycles. The van der Waals surface area contributed by atoms with Crippen molar-refractivity contribution in [3.8, 4) is 0 Å². The van der Waals surface area contributed by atoms with E-state index >= 15 is 0 Å². The zero-order chi connectivity index (χ0) is 27.1. The third-order valence-corrected chi connectivity index (χ3v) is 8.24. The first-order chi connectivity index (χ1) is 18.0. The molecule has 1 fully saturated rings. The molecule has 1 amide bonds. The SMILES string of the molecule is CC1(C)Cc2cccc(C(=O)NS(C)(=O)=O)c2NC1c1cccc(N2CCN(c3ccc(Cl)cc3)CC2)c1. The quantitative estimate of drug-likeness (QED) is 0.459. The van der Waals surface area contributed by atoms with Crippen LogP contribution in [0.2, 0.25) is 5.02 Å². The fourth-order valence-corrected chi connectivity index (χ4v) is 6.15. The second kappa shape index (κ2) is 10.2. The molecule has 3 aromatic rings. The highest BCUT2D eigenvalue weighted by molar-refractivity contribution is 7.89. The van der Waals surface area contributed by atoms with Gasteiger partial charge in [0, 0.05) is 42.6 Å². The molecule has 0 spiro atoms. The van der Waals surface area contributed by atoms with Crippen LogP contribution in [0.25, 0.3) is 0 Å². The summed E-state index contributed by atoms with van der Waals surface area (Å²) in [5.74, 6) is -0.623. The minimum atomic E-state index is -3.67. The van der Waals surface area contributed by atoms with Gasteiger partial charge in [0.05, 0.1) is 23.5 Å². The molecule has 5 rings (SSSR count). The summed E-state index contributed by atoms with van der Waals surface area (Å²) >= 11 is 6.05. The van der Waals surface area contributed by atoms with Crippen molar-refractivity contribution in [2.45, 2.75) is 26.3 Å².